The molecule has 220 valence electrons. The van der Waals surface area contributed by atoms with Gasteiger partial charge >= 0.3 is 6.18 Å². The molecule has 43 heavy (non-hydrogen) atoms. The van der Waals surface area contributed by atoms with Crippen molar-refractivity contribution in [2.75, 3.05) is 23.7 Å². The average molecular weight is 606 g/mol. The Labute approximate surface area is 248 Å². The van der Waals surface area contributed by atoms with Gasteiger partial charge in [0.25, 0.3) is 5.56 Å². The van der Waals surface area contributed by atoms with Crippen LogP contribution in [0.4, 0.5) is 30.5 Å². The van der Waals surface area contributed by atoms with E-state index in [1.54, 1.807) is 5.51 Å². The monoisotopic (exact) mass is 605 g/mol. The summed E-state index contributed by atoms with van der Waals surface area (Å²) in [7, 11) is 0. The molecule has 5 heterocycles. The van der Waals surface area contributed by atoms with Crippen molar-refractivity contribution in [3.63, 3.8) is 0 Å². The molecule has 1 saturated heterocycles. The van der Waals surface area contributed by atoms with Crippen LogP contribution in [-0.2, 0) is 12.7 Å². The fourth-order valence-electron chi connectivity index (χ4n) is 4.88. The van der Waals surface area contributed by atoms with Crippen LogP contribution in [0.1, 0.15) is 40.3 Å². The molecule has 0 aliphatic carbocycles. The first kappa shape index (κ1) is 28.4. The lowest BCUT2D eigenvalue weighted by Gasteiger charge is -2.24. The van der Waals surface area contributed by atoms with Crippen molar-refractivity contribution in [3.05, 3.63) is 92.2 Å². The number of hydrogen-bond acceptors (Lipinski definition) is 9. The lowest BCUT2D eigenvalue weighted by Crippen LogP contribution is -2.38. The van der Waals surface area contributed by atoms with E-state index in [1.807, 2.05) is 31.2 Å². The Morgan fingerprint density at radius 1 is 1.16 bits per heavy atom. The Bertz CT molecular complexity index is 1880. The summed E-state index contributed by atoms with van der Waals surface area (Å²) in [5, 5.41) is 10.4. The zero-order valence-electron chi connectivity index (χ0n) is 23.0. The first-order chi connectivity index (χ1) is 20.7. The lowest BCUT2D eigenvalue weighted by atomic mass is 10.1. The largest absolute Gasteiger partial charge is 0.459 e. The highest BCUT2D eigenvalue weighted by Gasteiger charge is 2.37. The SMILES string of the molecule is Cc1scnc1C#Cc1cc2cnc(Nc3ccc(NC4CCCNC4)cc3)nc2n(Cc2ccoc2C(F)(F)F)c1=O. The van der Waals surface area contributed by atoms with Gasteiger partial charge in [0.15, 0.2) is 0 Å². The van der Waals surface area contributed by atoms with Gasteiger partial charge in [0.1, 0.15) is 11.3 Å². The van der Waals surface area contributed by atoms with Crippen LogP contribution in [0.5, 0.6) is 0 Å². The first-order valence-corrected chi connectivity index (χ1v) is 14.4. The van der Waals surface area contributed by atoms with E-state index in [9.17, 15) is 18.0 Å². The lowest BCUT2D eigenvalue weighted by molar-refractivity contribution is -0.153. The maximum atomic E-state index is 13.6. The number of rotatable bonds is 6. The van der Waals surface area contributed by atoms with E-state index in [-0.39, 0.29) is 22.7 Å². The highest BCUT2D eigenvalue weighted by molar-refractivity contribution is 7.09. The number of piperidine rings is 1. The second-order valence-electron chi connectivity index (χ2n) is 10.1. The summed E-state index contributed by atoms with van der Waals surface area (Å²) in [6.07, 6.45) is -0.0503. The Morgan fingerprint density at radius 3 is 2.70 bits per heavy atom. The van der Waals surface area contributed by atoms with Crippen molar-refractivity contribution in [2.45, 2.75) is 38.5 Å². The molecule has 13 heteroatoms. The number of aromatic nitrogens is 4. The number of alkyl halides is 3. The van der Waals surface area contributed by atoms with E-state index in [4.69, 9.17) is 4.42 Å². The van der Waals surface area contributed by atoms with Crippen LogP contribution in [0.3, 0.4) is 0 Å². The maximum Gasteiger partial charge on any atom is 0.449 e. The predicted octanol–water partition coefficient (Wildman–Crippen LogP) is 5.52. The zero-order chi connectivity index (χ0) is 30.0. The second-order valence-corrected chi connectivity index (χ2v) is 11.2. The van der Waals surface area contributed by atoms with E-state index in [0.717, 1.165) is 47.3 Å². The Balaban J connectivity index is 1.35. The molecule has 6 rings (SSSR count). The first-order valence-electron chi connectivity index (χ1n) is 13.6. The molecule has 1 unspecified atom stereocenters. The van der Waals surface area contributed by atoms with Crippen LogP contribution in [0.25, 0.3) is 11.0 Å². The van der Waals surface area contributed by atoms with Crippen LogP contribution in [0.15, 0.2) is 63.6 Å². The number of pyridine rings is 1. The maximum absolute atomic E-state index is 13.6. The number of nitrogens with zero attached hydrogens (tertiary/aromatic N) is 4. The van der Waals surface area contributed by atoms with Gasteiger partial charge in [0, 0.05) is 46.0 Å². The van der Waals surface area contributed by atoms with Gasteiger partial charge in [0.05, 0.1) is 23.9 Å². The molecule has 0 bridgehead atoms. The van der Waals surface area contributed by atoms with E-state index in [1.165, 1.54) is 29.7 Å². The van der Waals surface area contributed by atoms with Gasteiger partial charge in [-0.2, -0.15) is 18.2 Å². The fraction of sp³-hybridized carbons (Fsp3) is 0.267. The number of hydrogen-bond donors (Lipinski definition) is 3. The number of halogens is 3. The van der Waals surface area contributed by atoms with Gasteiger partial charge in [-0.15, -0.1) is 11.3 Å². The molecule has 4 aromatic heterocycles. The minimum Gasteiger partial charge on any atom is -0.459 e. The van der Waals surface area contributed by atoms with Gasteiger partial charge in [-0.25, -0.2) is 9.97 Å². The van der Waals surface area contributed by atoms with Crippen molar-refractivity contribution in [1.82, 2.24) is 24.8 Å². The quantitative estimate of drug-likeness (QED) is 0.217. The van der Waals surface area contributed by atoms with Gasteiger partial charge in [-0.1, -0.05) is 5.92 Å². The van der Waals surface area contributed by atoms with Crippen molar-refractivity contribution in [2.24, 2.45) is 0 Å². The van der Waals surface area contributed by atoms with E-state index >= 15 is 0 Å². The van der Waals surface area contributed by atoms with Crippen LogP contribution < -0.4 is 21.5 Å². The van der Waals surface area contributed by atoms with Crippen molar-refractivity contribution in [3.8, 4) is 11.8 Å². The normalized spacial score (nSPS) is 15.2. The van der Waals surface area contributed by atoms with Crippen LogP contribution >= 0.6 is 11.3 Å². The van der Waals surface area contributed by atoms with Crippen molar-refractivity contribution >= 4 is 39.7 Å². The topological polar surface area (TPSA) is 110 Å². The summed E-state index contributed by atoms with van der Waals surface area (Å²) in [4.78, 5) is 27.6. The molecule has 3 N–H and O–H groups in total. The number of nitrogens with one attached hydrogen (secondary N) is 3. The number of aryl methyl sites for hydroxylation is 1. The standard InChI is InChI=1S/C30H26F3N7O2S/c1-18-25(36-17-43-18)9-4-19-13-21-14-35-29(38-23-7-5-22(6-8-23)37-24-3-2-11-34-15-24)39-27(21)40(28(19)41)16-20-10-12-42-26(20)30(31,32)33/h5-8,10,12-14,17,24,34,37H,2-3,11,15-16H2,1H3,(H,35,38,39). The third-order valence-electron chi connectivity index (χ3n) is 7.03. The fourth-order valence-corrected chi connectivity index (χ4v) is 5.41. The molecule has 0 radical (unpaired) electrons. The summed E-state index contributed by atoms with van der Waals surface area (Å²) < 4.78 is 46.7. The smallest absolute Gasteiger partial charge is 0.449 e. The number of thiazole rings is 1. The van der Waals surface area contributed by atoms with Crippen LogP contribution in [-0.4, -0.2) is 38.7 Å². The van der Waals surface area contributed by atoms with Crippen molar-refractivity contribution < 1.29 is 17.6 Å². The summed E-state index contributed by atoms with van der Waals surface area (Å²) in [5.41, 5.74) is 3.28. The third kappa shape index (κ3) is 6.40. The van der Waals surface area contributed by atoms with Gasteiger partial charge < -0.3 is 20.4 Å². The molecule has 0 amide bonds. The molecule has 1 aliphatic rings. The third-order valence-corrected chi connectivity index (χ3v) is 7.79. The van der Waals surface area contributed by atoms with E-state index in [0.29, 0.717) is 22.8 Å². The minimum atomic E-state index is -4.73. The Hall–Kier alpha value is -4.67. The summed E-state index contributed by atoms with van der Waals surface area (Å²) in [6, 6.07) is 10.7. The molecule has 1 aromatic carbocycles. The summed E-state index contributed by atoms with van der Waals surface area (Å²) in [6.45, 7) is 3.37. The summed E-state index contributed by atoms with van der Waals surface area (Å²) in [5.74, 6) is 4.73. The van der Waals surface area contributed by atoms with Gasteiger partial charge in [-0.3, -0.25) is 9.36 Å². The van der Waals surface area contributed by atoms with Crippen LogP contribution in [0.2, 0.25) is 0 Å². The highest BCUT2D eigenvalue weighted by Crippen LogP contribution is 2.33. The molecule has 1 aliphatic heterocycles. The second kappa shape index (κ2) is 11.9. The highest BCUT2D eigenvalue weighted by atomic mass is 32.1. The zero-order valence-corrected chi connectivity index (χ0v) is 23.8. The molecule has 5 aromatic rings. The summed E-state index contributed by atoms with van der Waals surface area (Å²) >= 11 is 1.42. The predicted molar refractivity (Wildman–Crippen MR) is 159 cm³/mol. The molecule has 1 atom stereocenters. The number of anilines is 3. The van der Waals surface area contributed by atoms with Crippen LogP contribution in [0, 0.1) is 18.8 Å². The molecular formula is C30H26F3N7O2S. The molecular weight excluding hydrogens is 579 g/mol. The number of furan rings is 1. The average Bonchev–Trinajstić information content (AvgIpc) is 3.64. The van der Waals surface area contributed by atoms with Crippen molar-refractivity contribution in [1.29, 1.82) is 0 Å². The van der Waals surface area contributed by atoms with E-state index in [2.05, 4.69) is 42.7 Å². The molecule has 1 fully saturated rings. The van der Waals surface area contributed by atoms with E-state index < -0.39 is 24.0 Å². The number of fused-ring (bicyclic) bond motifs is 1. The molecule has 0 spiro atoms. The van der Waals surface area contributed by atoms with Gasteiger partial charge in [0.2, 0.25) is 11.7 Å². The Kier molecular flexibility index (Phi) is 7.88. The molecule has 0 saturated carbocycles. The van der Waals surface area contributed by atoms with Gasteiger partial charge in [-0.05, 0) is 68.6 Å². The minimum absolute atomic E-state index is 0.0810. The Morgan fingerprint density at radius 2 is 1.98 bits per heavy atom. The number of benzene rings is 1. The molecule has 9 nitrogen and oxygen atoms in total.